The molecule has 0 spiro atoms. The number of alkyl halides is 3. The topological polar surface area (TPSA) is 26.3 Å². The van der Waals surface area contributed by atoms with E-state index in [0.717, 1.165) is 5.56 Å². The Labute approximate surface area is 121 Å². The van der Waals surface area contributed by atoms with Crippen molar-refractivity contribution < 1.29 is 22.7 Å². The fraction of sp³-hybridized carbons (Fsp3) is 0.562. The smallest absolute Gasteiger partial charge is 0.392 e. The first-order valence-electron chi connectivity index (χ1n) is 7.34. The van der Waals surface area contributed by atoms with Gasteiger partial charge in [0.2, 0.25) is 0 Å². The molecule has 3 rings (SSSR count). The van der Waals surface area contributed by atoms with Crippen LogP contribution in [0.1, 0.15) is 41.6 Å². The average molecular weight is 298 g/mol. The molecule has 0 bridgehead atoms. The first-order valence-corrected chi connectivity index (χ1v) is 7.34. The predicted molar refractivity (Wildman–Crippen MR) is 71.5 cm³/mol. The monoisotopic (exact) mass is 298 g/mol. The Bertz CT molecular complexity index is 551. The second kappa shape index (κ2) is 5.35. The molecule has 0 amide bonds. The lowest BCUT2D eigenvalue weighted by Gasteiger charge is -2.32. The van der Waals surface area contributed by atoms with Crippen LogP contribution in [0.5, 0.6) is 5.75 Å². The molecule has 21 heavy (non-hydrogen) atoms. The highest BCUT2D eigenvalue weighted by atomic mass is 19.4. The molecule has 0 saturated heterocycles. The minimum Gasteiger partial charge on any atom is -0.492 e. The van der Waals surface area contributed by atoms with Crippen LogP contribution in [0.4, 0.5) is 13.2 Å². The Kier molecular flexibility index (Phi) is 3.68. The first kappa shape index (κ1) is 14.4. The van der Waals surface area contributed by atoms with Crippen LogP contribution in [0.3, 0.4) is 0 Å². The predicted octanol–water partition coefficient (Wildman–Crippen LogP) is 4.17. The molecule has 1 aromatic rings. The van der Waals surface area contributed by atoms with E-state index >= 15 is 0 Å². The second-order valence-electron chi connectivity index (χ2n) is 5.80. The highest BCUT2D eigenvalue weighted by Gasteiger charge is 2.48. The van der Waals surface area contributed by atoms with Crippen molar-refractivity contribution in [2.24, 2.45) is 11.8 Å². The van der Waals surface area contributed by atoms with Gasteiger partial charge >= 0.3 is 6.18 Å². The van der Waals surface area contributed by atoms with Crippen LogP contribution in [0.25, 0.3) is 0 Å². The molecule has 1 saturated carbocycles. The lowest BCUT2D eigenvalue weighted by molar-refractivity contribution is -0.190. The molecule has 1 fully saturated rings. The third-order valence-electron chi connectivity index (χ3n) is 4.50. The van der Waals surface area contributed by atoms with Gasteiger partial charge in [-0.2, -0.15) is 13.2 Å². The lowest BCUT2D eigenvalue weighted by Crippen LogP contribution is -2.37. The van der Waals surface area contributed by atoms with Gasteiger partial charge in [0.1, 0.15) is 5.75 Å². The normalized spacial score (nSPS) is 25.3. The van der Waals surface area contributed by atoms with Gasteiger partial charge < -0.3 is 4.74 Å². The third kappa shape index (κ3) is 2.65. The molecule has 2 unspecified atom stereocenters. The summed E-state index contributed by atoms with van der Waals surface area (Å²) in [5.74, 6) is -2.39. The SMILES string of the molecule is O=C(c1cccc2c1OCC2)C1CCCCC1C(F)(F)F. The number of para-hydroxylation sites is 1. The zero-order valence-corrected chi connectivity index (χ0v) is 11.6. The number of hydrogen-bond acceptors (Lipinski definition) is 2. The van der Waals surface area contributed by atoms with Crippen molar-refractivity contribution in [2.45, 2.75) is 38.3 Å². The summed E-state index contributed by atoms with van der Waals surface area (Å²) in [7, 11) is 0. The number of carbonyl (C=O) groups excluding carboxylic acids is 1. The lowest BCUT2D eigenvalue weighted by atomic mass is 9.75. The van der Waals surface area contributed by atoms with Crippen LogP contribution < -0.4 is 4.74 Å². The quantitative estimate of drug-likeness (QED) is 0.766. The van der Waals surface area contributed by atoms with Gasteiger partial charge in [-0.1, -0.05) is 25.0 Å². The van der Waals surface area contributed by atoms with Crippen LogP contribution in [0, 0.1) is 11.8 Å². The number of fused-ring (bicyclic) bond motifs is 1. The Morgan fingerprint density at radius 1 is 1.19 bits per heavy atom. The van der Waals surface area contributed by atoms with Crippen molar-refractivity contribution in [3.63, 3.8) is 0 Å². The van der Waals surface area contributed by atoms with Crippen molar-refractivity contribution in [1.82, 2.24) is 0 Å². The van der Waals surface area contributed by atoms with Gasteiger partial charge in [-0.15, -0.1) is 0 Å². The average Bonchev–Trinajstić information content (AvgIpc) is 2.94. The molecule has 1 aliphatic carbocycles. The van der Waals surface area contributed by atoms with E-state index < -0.39 is 23.8 Å². The van der Waals surface area contributed by atoms with Crippen LogP contribution in [0.2, 0.25) is 0 Å². The van der Waals surface area contributed by atoms with Crippen LogP contribution >= 0.6 is 0 Å². The third-order valence-corrected chi connectivity index (χ3v) is 4.50. The number of ether oxygens (including phenoxy) is 1. The van der Waals surface area contributed by atoms with E-state index in [2.05, 4.69) is 0 Å². The van der Waals surface area contributed by atoms with Crippen molar-refractivity contribution in [3.8, 4) is 5.75 Å². The maximum Gasteiger partial charge on any atom is 0.392 e. The Morgan fingerprint density at radius 3 is 2.71 bits per heavy atom. The largest absolute Gasteiger partial charge is 0.492 e. The summed E-state index contributed by atoms with van der Waals surface area (Å²) < 4.78 is 44.9. The summed E-state index contributed by atoms with van der Waals surface area (Å²) in [5, 5.41) is 0. The van der Waals surface area contributed by atoms with Gasteiger partial charge in [-0.3, -0.25) is 4.79 Å². The zero-order chi connectivity index (χ0) is 15.0. The van der Waals surface area contributed by atoms with Gasteiger partial charge in [0.05, 0.1) is 18.1 Å². The van der Waals surface area contributed by atoms with Crippen molar-refractivity contribution in [2.75, 3.05) is 6.61 Å². The Hall–Kier alpha value is -1.52. The number of Topliss-reactive ketones (excluding diaryl/α,β-unsaturated/α-hetero) is 1. The van der Waals surface area contributed by atoms with E-state index in [9.17, 15) is 18.0 Å². The molecule has 0 N–H and O–H groups in total. The minimum absolute atomic E-state index is 0.0514. The molecular formula is C16H17F3O2. The van der Waals surface area contributed by atoms with Gasteiger partial charge in [-0.05, 0) is 24.5 Å². The van der Waals surface area contributed by atoms with Crippen molar-refractivity contribution in [3.05, 3.63) is 29.3 Å². The van der Waals surface area contributed by atoms with E-state index in [1.807, 2.05) is 6.07 Å². The highest BCUT2D eigenvalue weighted by molar-refractivity contribution is 6.01. The van der Waals surface area contributed by atoms with Gasteiger partial charge in [-0.25, -0.2) is 0 Å². The fourth-order valence-corrected chi connectivity index (χ4v) is 3.45. The van der Waals surface area contributed by atoms with Crippen LogP contribution in [-0.4, -0.2) is 18.6 Å². The first-order chi connectivity index (χ1) is 9.98. The molecule has 1 aliphatic heterocycles. The molecule has 1 aromatic carbocycles. The summed E-state index contributed by atoms with van der Waals surface area (Å²) in [6.07, 6.45) is -2.01. The van der Waals surface area contributed by atoms with Crippen molar-refractivity contribution in [1.29, 1.82) is 0 Å². The van der Waals surface area contributed by atoms with Gasteiger partial charge in [0.15, 0.2) is 5.78 Å². The fourth-order valence-electron chi connectivity index (χ4n) is 3.45. The molecule has 1 heterocycles. The van der Waals surface area contributed by atoms with Gasteiger partial charge in [0, 0.05) is 12.3 Å². The number of benzene rings is 1. The van der Waals surface area contributed by atoms with E-state index in [0.29, 0.717) is 43.6 Å². The maximum atomic E-state index is 13.2. The molecule has 2 atom stereocenters. The summed E-state index contributed by atoms with van der Waals surface area (Å²) in [6.45, 7) is 0.493. The summed E-state index contributed by atoms with van der Waals surface area (Å²) >= 11 is 0. The molecule has 114 valence electrons. The molecule has 0 aromatic heterocycles. The summed E-state index contributed by atoms with van der Waals surface area (Å²) in [6, 6.07) is 5.18. The number of hydrogen-bond donors (Lipinski definition) is 0. The van der Waals surface area contributed by atoms with Crippen molar-refractivity contribution >= 4 is 5.78 Å². The Balaban J connectivity index is 1.92. The maximum absolute atomic E-state index is 13.2. The highest BCUT2D eigenvalue weighted by Crippen LogP contribution is 2.44. The zero-order valence-electron chi connectivity index (χ0n) is 11.6. The number of carbonyl (C=O) groups is 1. The number of rotatable bonds is 2. The molecule has 0 radical (unpaired) electrons. The van der Waals surface area contributed by atoms with Crippen LogP contribution in [0.15, 0.2) is 18.2 Å². The summed E-state index contributed by atoms with van der Waals surface area (Å²) in [4.78, 5) is 12.6. The standard InChI is InChI=1S/C16H17F3O2/c17-16(18,19)13-7-2-1-5-11(13)14(20)12-6-3-4-10-8-9-21-15(10)12/h3-4,6,11,13H,1-2,5,7-9H2. The summed E-state index contributed by atoms with van der Waals surface area (Å²) in [5.41, 5.74) is 1.24. The van der Waals surface area contributed by atoms with E-state index in [1.165, 1.54) is 0 Å². The molecule has 5 heteroatoms. The second-order valence-corrected chi connectivity index (χ2v) is 5.80. The minimum atomic E-state index is -4.31. The number of halogens is 3. The Morgan fingerprint density at radius 2 is 1.95 bits per heavy atom. The molecule has 2 nitrogen and oxygen atoms in total. The van der Waals surface area contributed by atoms with Gasteiger partial charge in [0.25, 0.3) is 0 Å². The molecule has 2 aliphatic rings. The van der Waals surface area contributed by atoms with E-state index in [-0.39, 0.29) is 6.42 Å². The van der Waals surface area contributed by atoms with E-state index in [4.69, 9.17) is 4.74 Å². The van der Waals surface area contributed by atoms with E-state index in [1.54, 1.807) is 12.1 Å². The number of ketones is 1. The molecular weight excluding hydrogens is 281 g/mol. The van der Waals surface area contributed by atoms with Crippen LogP contribution in [-0.2, 0) is 6.42 Å².